The van der Waals surface area contributed by atoms with Gasteiger partial charge in [0.25, 0.3) is 0 Å². The Hall–Kier alpha value is 1.42. The van der Waals surface area contributed by atoms with E-state index in [2.05, 4.69) is 64.2 Å². The van der Waals surface area contributed by atoms with E-state index in [1.807, 2.05) is 0 Å². The molecule has 0 aliphatic heterocycles. The predicted octanol–water partition coefficient (Wildman–Crippen LogP) is 1.70. The first-order valence-electron chi connectivity index (χ1n) is 1.59. The van der Waals surface area contributed by atoms with Crippen molar-refractivity contribution < 1.29 is 0 Å². The normalized spacial score (nSPS) is 11.0. The zero-order chi connectivity index (χ0) is 5.15. The number of halogens is 2. The third-order valence-corrected chi connectivity index (χ3v) is 2.62. The van der Waals surface area contributed by atoms with Crippen LogP contribution in [0.25, 0.3) is 0 Å². The first-order chi connectivity index (χ1) is 2.64. The van der Waals surface area contributed by atoms with Crippen molar-refractivity contribution in [3.05, 3.63) is 0 Å². The Morgan fingerprint density at radius 2 is 1.50 bits per heavy atom. The van der Waals surface area contributed by atoms with Gasteiger partial charge in [-0.3, -0.25) is 4.90 Å². The van der Waals surface area contributed by atoms with E-state index >= 15 is 0 Å². The Kier molecular flexibility index (Phi) is 4.24. The molecule has 0 saturated heterocycles. The van der Waals surface area contributed by atoms with Crippen molar-refractivity contribution >= 4 is 45.2 Å². The summed E-state index contributed by atoms with van der Waals surface area (Å²) in [6.07, 6.45) is 0. The topological polar surface area (TPSA) is 3.24 Å². The van der Waals surface area contributed by atoms with Gasteiger partial charge in [0.1, 0.15) is 2.06 Å². The molecule has 0 aromatic rings. The lowest BCUT2D eigenvalue weighted by Crippen LogP contribution is -2.14. The Morgan fingerprint density at radius 3 is 1.50 bits per heavy atom. The molecule has 0 fully saturated rings. The fourth-order valence-electron chi connectivity index (χ4n) is 0. The first-order valence-corrected chi connectivity index (χ1v) is 4.08. The van der Waals surface area contributed by atoms with Crippen molar-refractivity contribution in [1.82, 2.24) is 4.90 Å². The van der Waals surface area contributed by atoms with Crippen LogP contribution >= 0.6 is 45.2 Å². The molecule has 0 rings (SSSR count). The van der Waals surface area contributed by atoms with Gasteiger partial charge in [-0.2, -0.15) is 0 Å². The molecule has 0 bridgehead atoms. The van der Waals surface area contributed by atoms with E-state index in [0.29, 0.717) is 2.06 Å². The van der Waals surface area contributed by atoms with E-state index in [0.717, 1.165) is 0 Å². The number of nitrogens with zero attached hydrogens (tertiary/aromatic N) is 1. The van der Waals surface area contributed by atoms with Crippen LogP contribution in [0, 0.1) is 0 Å². The third-order valence-electron chi connectivity index (χ3n) is 0.390. The largest absolute Gasteiger partial charge is 0.290 e. The minimum atomic E-state index is 0.625. The molecule has 0 saturated carbocycles. The summed E-state index contributed by atoms with van der Waals surface area (Å²) < 4.78 is 0.625. The van der Waals surface area contributed by atoms with Gasteiger partial charge in [0.2, 0.25) is 0 Å². The quantitative estimate of drug-likeness (QED) is 0.405. The lowest BCUT2D eigenvalue weighted by Gasteiger charge is -2.08. The van der Waals surface area contributed by atoms with Crippen molar-refractivity contribution in [1.29, 1.82) is 0 Å². The second kappa shape index (κ2) is 3.43. The van der Waals surface area contributed by atoms with Gasteiger partial charge in [-0.05, 0) is 14.1 Å². The molecule has 0 aliphatic carbocycles. The number of alkyl halides is 2. The summed E-state index contributed by atoms with van der Waals surface area (Å²) in [5, 5.41) is 0. The van der Waals surface area contributed by atoms with Crippen molar-refractivity contribution in [3.63, 3.8) is 0 Å². The molecule has 0 amide bonds. The highest BCUT2D eigenvalue weighted by Crippen LogP contribution is 2.10. The molecule has 0 heterocycles. The van der Waals surface area contributed by atoms with Crippen LogP contribution in [0.4, 0.5) is 0 Å². The maximum absolute atomic E-state index is 2.35. The summed E-state index contributed by atoms with van der Waals surface area (Å²) in [6.45, 7) is 0. The summed E-state index contributed by atoms with van der Waals surface area (Å²) >= 11 is 4.69. The summed E-state index contributed by atoms with van der Waals surface area (Å²) in [5.41, 5.74) is 0. The van der Waals surface area contributed by atoms with Crippen molar-refractivity contribution in [3.8, 4) is 0 Å². The molecular formula is C3H7I2N. The molecule has 1 nitrogen and oxygen atoms in total. The monoisotopic (exact) mass is 311 g/mol. The molecule has 0 spiro atoms. The van der Waals surface area contributed by atoms with Gasteiger partial charge in [0, 0.05) is 0 Å². The van der Waals surface area contributed by atoms with Crippen molar-refractivity contribution in [2.24, 2.45) is 0 Å². The van der Waals surface area contributed by atoms with Crippen molar-refractivity contribution in [2.75, 3.05) is 14.1 Å². The summed E-state index contributed by atoms with van der Waals surface area (Å²) in [4.78, 5) is 2.14. The Morgan fingerprint density at radius 1 is 1.33 bits per heavy atom. The van der Waals surface area contributed by atoms with Crippen LogP contribution in [0.5, 0.6) is 0 Å². The van der Waals surface area contributed by atoms with Crippen molar-refractivity contribution in [2.45, 2.75) is 2.06 Å². The van der Waals surface area contributed by atoms with Gasteiger partial charge in [-0.1, -0.05) is 45.2 Å². The van der Waals surface area contributed by atoms with Gasteiger partial charge in [0.05, 0.1) is 0 Å². The maximum Gasteiger partial charge on any atom is 0.114 e. The Bertz CT molecular complexity index is 29.8. The van der Waals surface area contributed by atoms with Gasteiger partial charge >= 0.3 is 0 Å². The number of rotatable bonds is 1. The van der Waals surface area contributed by atoms with Gasteiger partial charge in [-0.15, -0.1) is 0 Å². The molecule has 6 heavy (non-hydrogen) atoms. The van der Waals surface area contributed by atoms with E-state index < -0.39 is 0 Å². The van der Waals surface area contributed by atoms with Crippen LogP contribution < -0.4 is 0 Å². The summed E-state index contributed by atoms with van der Waals surface area (Å²) in [7, 11) is 4.12. The highest BCUT2D eigenvalue weighted by atomic mass is 127. The minimum Gasteiger partial charge on any atom is -0.290 e. The zero-order valence-corrected chi connectivity index (χ0v) is 8.10. The molecule has 0 aromatic heterocycles. The molecule has 0 N–H and O–H groups in total. The number of hydrogen-bond acceptors (Lipinski definition) is 1. The van der Waals surface area contributed by atoms with Crippen LogP contribution in [0.2, 0.25) is 0 Å². The lowest BCUT2D eigenvalue weighted by molar-refractivity contribution is 0.483. The molecule has 0 atom stereocenters. The highest BCUT2D eigenvalue weighted by molar-refractivity contribution is 14.2. The second-order valence-electron chi connectivity index (χ2n) is 1.24. The van der Waals surface area contributed by atoms with E-state index in [1.54, 1.807) is 0 Å². The zero-order valence-electron chi connectivity index (χ0n) is 3.78. The Labute approximate surface area is 65.8 Å². The smallest absolute Gasteiger partial charge is 0.114 e. The minimum absolute atomic E-state index is 0.625. The van der Waals surface area contributed by atoms with E-state index in [9.17, 15) is 0 Å². The average Bonchev–Trinajstić information content (AvgIpc) is 1.36. The average molecular weight is 311 g/mol. The molecule has 0 radical (unpaired) electrons. The third kappa shape index (κ3) is 3.60. The van der Waals surface area contributed by atoms with Crippen LogP contribution in [-0.2, 0) is 0 Å². The standard InChI is InChI=1S/C3H7I2N/c1-6(2)3(4)5/h3H,1-2H3. The first kappa shape index (κ1) is 7.42. The predicted molar refractivity (Wildman–Crippen MR) is 45.5 cm³/mol. The molecule has 0 aromatic carbocycles. The van der Waals surface area contributed by atoms with Gasteiger partial charge < -0.3 is 0 Å². The fraction of sp³-hybridized carbons (Fsp3) is 1.00. The van der Waals surface area contributed by atoms with E-state index in [1.165, 1.54) is 0 Å². The Balaban J connectivity index is 2.99. The van der Waals surface area contributed by atoms with E-state index in [-0.39, 0.29) is 0 Å². The second-order valence-corrected chi connectivity index (χ2v) is 5.98. The molecule has 0 aliphatic rings. The fourth-order valence-corrected chi connectivity index (χ4v) is 0. The lowest BCUT2D eigenvalue weighted by atomic mass is 11.0. The highest BCUT2D eigenvalue weighted by Gasteiger charge is 1.94. The molecular weight excluding hydrogens is 304 g/mol. The van der Waals surface area contributed by atoms with Crippen LogP contribution in [0.15, 0.2) is 0 Å². The molecule has 0 unspecified atom stereocenters. The van der Waals surface area contributed by atoms with E-state index in [4.69, 9.17) is 0 Å². The van der Waals surface area contributed by atoms with Gasteiger partial charge in [0.15, 0.2) is 0 Å². The summed E-state index contributed by atoms with van der Waals surface area (Å²) in [6, 6.07) is 0. The summed E-state index contributed by atoms with van der Waals surface area (Å²) in [5.74, 6) is 0. The van der Waals surface area contributed by atoms with Crippen LogP contribution in [0.1, 0.15) is 0 Å². The van der Waals surface area contributed by atoms with Gasteiger partial charge in [-0.25, -0.2) is 0 Å². The molecule has 3 heteroatoms. The maximum atomic E-state index is 2.35. The SMILES string of the molecule is CN(C)C(I)I. The van der Waals surface area contributed by atoms with Crippen LogP contribution in [-0.4, -0.2) is 21.1 Å². The number of hydrogen-bond donors (Lipinski definition) is 0. The van der Waals surface area contributed by atoms with Crippen LogP contribution in [0.3, 0.4) is 0 Å². The molecule has 38 valence electrons.